The van der Waals surface area contributed by atoms with Gasteiger partial charge in [-0.2, -0.15) is 10.2 Å². The molecule has 0 saturated heterocycles. The molecule has 5 rings (SSSR count). The molecule has 146 valence electrons. The van der Waals surface area contributed by atoms with Crippen molar-refractivity contribution in [2.24, 2.45) is 0 Å². The molecule has 0 atom stereocenters. The quantitative estimate of drug-likeness (QED) is 0.397. The van der Waals surface area contributed by atoms with Crippen molar-refractivity contribution in [3.63, 3.8) is 0 Å². The number of methoxy groups -OCH3 is 1. The van der Waals surface area contributed by atoms with E-state index in [2.05, 4.69) is 62.9 Å². The monoisotopic (exact) mass is 392 g/mol. The molecule has 0 aliphatic heterocycles. The Morgan fingerprint density at radius 3 is 1.67 bits per heavy atom. The summed E-state index contributed by atoms with van der Waals surface area (Å²) in [5.41, 5.74) is 8.03. The maximum atomic E-state index is 5.23. The van der Waals surface area contributed by atoms with Crippen LogP contribution in [0.25, 0.3) is 45.0 Å². The van der Waals surface area contributed by atoms with Gasteiger partial charge >= 0.3 is 0 Å². The number of ether oxygens (including phenoxy) is 1. The van der Waals surface area contributed by atoms with E-state index in [4.69, 9.17) is 4.74 Å². The number of hydrogen-bond donors (Lipinski definition) is 2. The van der Waals surface area contributed by atoms with Gasteiger partial charge < -0.3 is 4.74 Å². The van der Waals surface area contributed by atoms with Gasteiger partial charge in [-0.25, -0.2) is 0 Å². The first kappa shape index (κ1) is 17.9. The van der Waals surface area contributed by atoms with Crippen LogP contribution in [0.2, 0.25) is 0 Å². The molecule has 0 unspecified atom stereocenters. The number of aromatic amines is 2. The summed E-state index contributed by atoms with van der Waals surface area (Å²) >= 11 is 0. The van der Waals surface area contributed by atoms with E-state index in [9.17, 15) is 0 Å². The molecule has 0 amide bonds. The van der Waals surface area contributed by atoms with Crippen LogP contribution in [0.4, 0.5) is 0 Å². The van der Waals surface area contributed by atoms with Gasteiger partial charge in [-0.1, -0.05) is 48.5 Å². The van der Waals surface area contributed by atoms with Crippen LogP contribution in [-0.4, -0.2) is 27.5 Å². The van der Waals surface area contributed by atoms with Crippen molar-refractivity contribution in [3.8, 4) is 50.8 Å². The Morgan fingerprint density at radius 1 is 0.567 bits per heavy atom. The minimum absolute atomic E-state index is 0.830. The highest BCUT2D eigenvalue weighted by Gasteiger charge is 2.09. The Labute approximate surface area is 174 Å². The highest BCUT2D eigenvalue weighted by Crippen LogP contribution is 2.29. The minimum atomic E-state index is 0.830. The summed E-state index contributed by atoms with van der Waals surface area (Å²) < 4.78 is 5.23. The van der Waals surface area contributed by atoms with Gasteiger partial charge in [0, 0.05) is 22.3 Å². The molecule has 0 bridgehead atoms. The van der Waals surface area contributed by atoms with E-state index in [1.807, 2.05) is 48.5 Å². The minimum Gasteiger partial charge on any atom is -0.497 e. The van der Waals surface area contributed by atoms with Crippen molar-refractivity contribution in [2.45, 2.75) is 0 Å². The van der Waals surface area contributed by atoms with E-state index in [1.54, 1.807) is 7.11 Å². The fourth-order valence-corrected chi connectivity index (χ4v) is 3.46. The number of nitrogens with zero attached hydrogens (tertiary/aromatic N) is 2. The number of benzene rings is 3. The molecule has 5 nitrogen and oxygen atoms in total. The van der Waals surface area contributed by atoms with E-state index in [-0.39, 0.29) is 0 Å². The Hall–Kier alpha value is -4.12. The average Bonchev–Trinajstić information content (AvgIpc) is 3.50. The molecule has 2 heterocycles. The lowest BCUT2D eigenvalue weighted by atomic mass is 10.0. The smallest absolute Gasteiger partial charge is 0.118 e. The van der Waals surface area contributed by atoms with Crippen molar-refractivity contribution >= 4 is 0 Å². The third-order valence-electron chi connectivity index (χ3n) is 5.10. The van der Waals surface area contributed by atoms with Crippen LogP contribution in [0.15, 0.2) is 91.0 Å². The van der Waals surface area contributed by atoms with E-state index >= 15 is 0 Å². The second kappa shape index (κ2) is 7.72. The van der Waals surface area contributed by atoms with Gasteiger partial charge in [-0.05, 0) is 42.5 Å². The lowest BCUT2D eigenvalue weighted by Gasteiger charge is -2.02. The highest BCUT2D eigenvalue weighted by atomic mass is 16.5. The van der Waals surface area contributed by atoms with Crippen LogP contribution in [-0.2, 0) is 0 Å². The van der Waals surface area contributed by atoms with Crippen molar-refractivity contribution in [2.75, 3.05) is 7.11 Å². The number of rotatable bonds is 5. The fraction of sp³-hybridized carbons (Fsp3) is 0.0400. The number of H-pyrrole nitrogens is 2. The van der Waals surface area contributed by atoms with Crippen LogP contribution in [0.1, 0.15) is 0 Å². The molecule has 30 heavy (non-hydrogen) atoms. The SMILES string of the molecule is COc1ccc(-c2cc(-c3cccc(-c4cc(-c5ccccc5)n[nH]4)c3)[nH]n2)cc1. The van der Waals surface area contributed by atoms with Crippen molar-refractivity contribution in [1.82, 2.24) is 20.4 Å². The maximum Gasteiger partial charge on any atom is 0.118 e. The largest absolute Gasteiger partial charge is 0.497 e. The molecule has 0 aliphatic rings. The molecular weight excluding hydrogens is 372 g/mol. The summed E-state index contributed by atoms with van der Waals surface area (Å²) in [7, 11) is 1.66. The summed E-state index contributed by atoms with van der Waals surface area (Å²) in [6, 6.07) is 30.5. The number of aromatic nitrogens is 4. The Bertz CT molecular complexity index is 1270. The van der Waals surface area contributed by atoms with Gasteiger partial charge in [-0.3, -0.25) is 10.2 Å². The molecule has 0 aliphatic carbocycles. The predicted octanol–water partition coefficient (Wildman–Crippen LogP) is 5.81. The first-order valence-corrected chi connectivity index (χ1v) is 9.71. The fourth-order valence-electron chi connectivity index (χ4n) is 3.46. The predicted molar refractivity (Wildman–Crippen MR) is 119 cm³/mol. The molecule has 3 aromatic carbocycles. The zero-order valence-corrected chi connectivity index (χ0v) is 16.5. The van der Waals surface area contributed by atoms with Crippen LogP contribution < -0.4 is 4.74 Å². The van der Waals surface area contributed by atoms with E-state index < -0.39 is 0 Å². The number of hydrogen-bond acceptors (Lipinski definition) is 3. The molecule has 0 fully saturated rings. The average molecular weight is 392 g/mol. The van der Waals surface area contributed by atoms with E-state index in [1.165, 1.54) is 0 Å². The van der Waals surface area contributed by atoms with E-state index in [0.29, 0.717) is 0 Å². The normalized spacial score (nSPS) is 10.8. The third kappa shape index (κ3) is 3.49. The van der Waals surface area contributed by atoms with Gasteiger partial charge in [0.05, 0.1) is 29.9 Å². The van der Waals surface area contributed by atoms with Gasteiger partial charge in [0.25, 0.3) is 0 Å². The third-order valence-corrected chi connectivity index (χ3v) is 5.10. The van der Waals surface area contributed by atoms with Gasteiger partial charge in [0.2, 0.25) is 0 Å². The summed E-state index contributed by atoms with van der Waals surface area (Å²) in [5, 5.41) is 15.3. The first-order valence-electron chi connectivity index (χ1n) is 9.71. The van der Waals surface area contributed by atoms with Gasteiger partial charge in [0.15, 0.2) is 0 Å². The van der Waals surface area contributed by atoms with Crippen LogP contribution >= 0.6 is 0 Å². The van der Waals surface area contributed by atoms with Crippen LogP contribution in [0, 0.1) is 0 Å². The molecule has 5 heteroatoms. The molecule has 2 aromatic heterocycles. The molecular formula is C25H20N4O. The highest BCUT2D eigenvalue weighted by molar-refractivity contribution is 5.74. The lowest BCUT2D eigenvalue weighted by molar-refractivity contribution is 0.415. The van der Waals surface area contributed by atoms with Crippen LogP contribution in [0.5, 0.6) is 5.75 Å². The molecule has 0 radical (unpaired) electrons. The van der Waals surface area contributed by atoms with Crippen molar-refractivity contribution in [3.05, 3.63) is 91.0 Å². The lowest BCUT2D eigenvalue weighted by Crippen LogP contribution is -1.82. The Kier molecular flexibility index (Phi) is 4.62. The molecule has 0 spiro atoms. The molecule has 5 aromatic rings. The Balaban J connectivity index is 1.43. The van der Waals surface area contributed by atoms with Crippen molar-refractivity contribution in [1.29, 1.82) is 0 Å². The second-order valence-corrected chi connectivity index (χ2v) is 7.01. The topological polar surface area (TPSA) is 66.6 Å². The Morgan fingerprint density at radius 2 is 1.10 bits per heavy atom. The first-order chi connectivity index (χ1) is 14.8. The van der Waals surface area contributed by atoms with E-state index in [0.717, 1.165) is 50.8 Å². The second-order valence-electron chi connectivity index (χ2n) is 7.01. The summed E-state index contributed by atoms with van der Waals surface area (Å²) in [4.78, 5) is 0. The van der Waals surface area contributed by atoms with Crippen LogP contribution in [0.3, 0.4) is 0 Å². The summed E-state index contributed by atoms with van der Waals surface area (Å²) in [5.74, 6) is 0.830. The number of nitrogens with one attached hydrogen (secondary N) is 2. The summed E-state index contributed by atoms with van der Waals surface area (Å²) in [6.45, 7) is 0. The molecule has 2 N–H and O–H groups in total. The zero-order chi connectivity index (χ0) is 20.3. The summed E-state index contributed by atoms with van der Waals surface area (Å²) in [6.07, 6.45) is 0. The zero-order valence-electron chi connectivity index (χ0n) is 16.5. The van der Waals surface area contributed by atoms with Gasteiger partial charge in [0.1, 0.15) is 5.75 Å². The standard InChI is InChI=1S/C25H20N4O/c1-30-21-12-10-18(11-13-21)23-16-25(29-27-23)20-9-5-8-19(14-20)24-15-22(26-28-24)17-6-3-2-4-7-17/h2-16H,1H3,(H,26,28)(H,27,29). The van der Waals surface area contributed by atoms with Crippen molar-refractivity contribution < 1.29 is 4.74 Å². The van der Waals surface area contributed by atoms with Gasteiger partial charge in [-0.15, -0.1) is 0 Å². The maximum absolute atomic E-state index is 5.23. The molecule has 0 saturated carbocycles.